The largest absolute Gasteiger partial charge is 0.351 e. The molecule has 198 valence electrons. The van der Waals surface area contributed by atoms with Crippen LogP contribution in [0.4, 0.5) is 0 Å². The highest BCUT2D eigenvalue weighted by Gasteiger charge is 2.31. The SMILES string of the molecule is O=C(c1cc(-c2ccccc2)nc(-c2ccccc2)c1)N1CCN(C2CCN(C(=O)c3ccno3)CC2)CC1. The second-order valence-corrected chi connectivity index (χ2v) is 10.1. The van der Waals surface area contributed by atoms with E-state index in [2.05, 4.69) is 10.1 Å². The minimum absolute atomic E-state index is 0.0406. The molecule has 0 saturated carbocycles. The van der Waals surface area contributed by atoms with Crippen LogP contribution >= 0.6 is 0 Å². The summed E-state index contributed by atoms with van der Waals surface area (Å²) in [7, 11) is 0. The van der Waals surface area contributed by atoms with Crippen molar-refractivity contribution in [3.63, 3.8) is 0 Å². The number of hydrogen-bond donors (Lipinski definition) is 0. The Morgan fingerprint density at radius 1 is 0.692 bits per heavy atom. The molecule has 0 bridgehead atoms. The molecule has 6 rings (SSSR count). The molecule has 2 aromatic carbocycles. The van der Waals surface area contributed by atoms with Gasteiger partial charge in [0.15, 0.2) is 0 Å². The lowest BCUT2D eigenvalue weighted by Gasteiger charge is -2.42. The third-order valence-electron chi connectivity index (χ3n) is 7.73. The molecule has 8 heteroatoms. The standard InChI is InChI=1S/C31H31N5O3/c37-30(25-21-27(23-7-3-1-4-8-23)33-28(22-25)24-9-5-2-6-10-24)36-19-17-34(18-20-36)26-12-15-35(16-13-26)31(38)29-11-14-32-39-29/h1-11,14,21-22,26H,12-13,15-20H2. The predicted octanol–water partition coefficient (Wildman–Crippen LogP) is 4.47. The first kappa shape index (κ1) is 25.0. The van der Waals surface area contributed by atoms with Crippen LogP contribution in [0.25, 0.3) is 22.5 Å². The van der Waals surface area contributed by atoms with Gasteiger partial charge >= 0.3 is 0 Å². The van der Waals surface area contributed by atoms with Crippen molar-refractivity contribution in [2.75, 3.05) is 39.3 Å². The van der Waals surface area contributed by atoms with Crippen LogP contribution in [0.2, 0.25) is 0 Å². The molecule has 0 atom stereocenters. The Morgan fingerprint density at radius 3 is 1.79 bits per heavy atom. The molecule has 0 aliphatic carbocycles. The van der Waals surface area contributed by atoms with Crippen molar-refractivity contribution in [3.8, 4) is 22.5 Å². The molecule has 0 spiro atoms. The van der Waals surface area contributed by atoms with Gasteiger partial charge in [0.1, 0.15) is 0 Å². The number of benzene rings is 2. The minimum Gasteiger partial charge on any atom is -0.351 e. The number of carbonyl (C=O) groups is 2. The van der Waals surface area contributed by atoms with Gasteiger partial charge in [-0.1, -0.05) is 65.8 Å². The molecule has 0 radical (unpaired) electrons. The number of nitrogens with zero attached hydrogens (tertiary/aromatic N) is 5. The maximum Gasteiger partial charge on any atom is 0.292 e. The van der Waals surface area contributed by atoms with Crippen LogP contribution in [0.5, 0.6) is 0 Å². The highest BCUT2D eigenvalue weighted by molar-refractivity contribution is 5.96. The first-order valence-corrected chi connectivity index (χ1v) is 13.5. The van der Waals surface area contributed by atoms with Gasteiger partial charge in [0, 0.05) is 68.1 Å². The summed E-state index contributed by atoms with van der Waals surface area (Å²) in [6, 6.07) is 25.9. The summed E-state index contributed by atoms with van der Waals surface area (Å²) in [4.78, 5) is 37.4. The van der Waals surface area contributed by atoms with Crippen LogP contribution in [-0.2, 0) is 0 Å². The molecule has 0 unspecified atom stereocenters. The zero-order valence-corrected chi connectivity index (χ0v) is 21.8. The van der Waals surface area contributed by atoms with E-state index in [9.17, 15) is 9.59 Å². The normalized spacial score (nSPS) is 16.8. The fraction of sp³-hybridized carbons (Fsp3) is 0.290. The number of pyridine rings is 1. The molecular weight excluding hydrogens is 490 g/mol. The zero-order valence-electron chi connectivity index (χ0n) is 21.8. The monoisotopic (exact) mass is 521 g/mol. The highest BCUT2D eigenvalue weighted by atomic mass is 16.5. The summed E-state index contributed by atoms with van der Waals surface area (Å²) in [5.41, 5.74) is 4.23. The van der Waals surface area contributed by atoms with Gasteiger partial charge in [-0.3, -0.25) is 14.5 Å². The second-order valence-electron chi connectivity index (χ2n) is 10.1. The quantitative estimate of drug-likeness (QED) is 0.386. The van der Waals surface area contributed by atoms with Crippen molar-refractivity contribution < 1.29 is 14.1 Å². The number of piperidine rings is 1. The summed E-state index contributed by atoms with van der Waals surface area (Å²) in [6.45, 7) is 4.42. The number of carbonyl (C=O) groups excluding carboxylic acids is 2. The van der Waals surface area contributed by atoms with Crippen molar-refractivity contribution in [1.29, 1.82) is 0 Å². The number of likely N-dealkylation sites (tertiary alicyclic amines) is 1. The fourth-order valence-electron chi connectivity index (χ4n) is 5.56. The topological polar surface area (TPSA) is 82.8 Å². The van der Waals surface area contributed by atoms with Gasteiger partial charge in [-0.05, 0) is 25.0 Å². The van der Waals surface area contributed by atoms with Crippen LogP contribution < -0.4 is 0 Å². The third kappa shape index (κ3) is 5.47. The van der Waals surface area contributed by atoms with E-state index in [4.69, 9.17) is 9.51 Å². The van der Waals surface area contributed by atoms with Crippen LogP contribution in [-0.4, -0.2) is 82.0 Å². The molecule has 2 saturated heterocycles. The van der Waals surface area contributed by atoms with Gasteiger partial charge in [0.25, 0.3) is 11.8 Å². The molecule has 0 N–H and O–H groups in total. The van der Waals surface area contributed by atoms with Crippen molar-refractivity contribution in [1.82, 2.24) is 24.8 Å². The Bertz CT molecular complexity index is 1350. The molecule has 2 aliphatic rings. The average molecular weight is 522 g/mol. The van der Waals surface area contributed by atoms with E-state index >= 15 is 0 Å². The first-order valence-electron chi connectivity index (χ1n) is 13.5. The summed E-state index contributed by atoms with van der Waals surface area (Å²) in [5.74, 6) is 0.241. The Hall–Kier alpha value is -4.30. The summed E-state index contributed by atoms with van der Waals surface area (Å²) < 4.78 is 5.03. The van der Waals surface area contributed by atoms with Crippen molar-refractivity contribution in [2.24, 2.45) is 0 Å². The molecule has 2 aromatic heterocycles. The van der Waals surface area contributed by atoms with Gasteiger partial charge in [0.05, 0.1) is 17.6 Å². The maximum absolute atomic E-state index is 13.7. The van der Waals surface area contributed by atoms with E-state index < -0.39 is 0 Å². The van der Waals surface area contributed by atoms with Gasteiger partial charge in [-0.25, -0.2) is 4.98 Å². The van der Waals surface area contributed by atoms with Crippen LogP contribution in [0, 0.1) is 0 Å². The van der Waals surface area contributed by atoms with Crippen molar-refractivity contribution in [2.45, 2.75) is 18.9 Å². The Kier molecular flexibility index (Phi) is 7.19. The Morgan fingerprint density at radius 2 is 1.26 bits per heavy atom. The molecule has 8 nitrogen and oxygen atoms in total. The second kappa shape index (κ2) is 11.2. The summed E-state index contributed by atoms with van der Waals surface area (Å²) in [5, 5.41) is 3.64. The van der Waals surface area contributed by atoms with Gasteiger partial charge < -0.3 is 14.3 Å². The lowest BCUT2D eigenvalue weighted by atomic mass is 10.0. The van der Waals surface area contributed by atoms with Crippen molar-refractivity contribution >= 4 is 11.8 Å². The van der Waals surface area contributed by atoms with E-state index in [0.717, 1.165) is 48.4 Å². The van der Waals surface area contributed by atoms with Crippen LogP contribution in [0.15, 0.2) is 89.6 Å². The lowest BCUT2D eigenvalue weighted by Crippen LogP contribution is -2.54. The Balaban J connectivity index is 1.12. The maximum atomic E-state index is 13.7. The van der Waals surface area contributed by atoms with E-state index in [0.29, 0.717) is 43.5 Å². The predicted molar refractivity (Wildman–Crippen MR) is 148 cm³/mol. The van der Waals surface area contributed by atoms with E-state index in [-0.39, 0.29) is 11.8 Å². The van der Waals surface area contributed by atoms with Gasteiger partial charge in [0.2, 0.25) is 5.76 Å². The summed E-state index contributed by atoms with van der Waals surface area (Å²) >= 11 is 0. The fourth-order valence-corrected chi connectivity index (χ4v) is 5.56. The van der Waals surface area contributed by atoms with Crippen molar-refractivity contribution in [3.05, 3.63) is 96.4 Å². The van der Waals surface area contributed by atoms with E-state index in [1.54, 1.807) is 6.07 Å². The Labute approximate surface area is 227 Å². The van der Waals surface area contributed by atoms with Crippen LogP contribution in [0.3, 0.4) is 0 Å². The number of rotatable bonds is 5. The molecule has 39 heavy (non-hydrogen) atoms. The smallest absolute Gasteiger partial charge is 0.292 e. The minimum atomic E-state index is -0.0940. The molecular formula is C31H31N5O3. The highest BCUT2D eigenvalue weighted by Crippen LogP contribution is 2.26. The molecule has 4 heterocycles. The van der Waals surface area contributed by atoms with Gasteiger partial charge in [-0.15, -0.1) is 0 Å². The number of hydrogen-bond acceptors (Lipinski definition) is 6. The molecule has 4 aromatic rings. The number of piperazine rings is 1. The zero-order chi connectivity index (χ0) is 26.6. The van der Waals surface area contributed by atoms with E-state index in [1.807, 2.05) is 82.6 Å². The summed E-state index contributed by atoms with van der Waals surface area (Å²) in [6.07, 6.45) is 3.33. The van der Waals surface area contributed by atoms with E-state index in [1.165, 1.54) is 6.20 Å². The molecule has 2 aliphatic heterocycles. The lowest BCUT2D eigenvalue weighted by molar-refractivity contribution is 0.0399. The molecule has 2 amide bonds. The molecule has 2 fully saturated rings. The number of aromatic nitrogens is 2. The average Bonchev–Trinajstić information content (AvgIpc) is 3.56. The van der Waals surface area contributed by atoms with Crippen LogP contribution in [0.1, 0.15) is 33.8 Å². The third-order valence-corrected chi connectivity index (χ3v) is 7.73. The number of amides is 2. The van der Waals surface area contributed by atoms with Gasteiger partial charge in [-0.2, -0.15) is 0 Å². The first-order chi connectivity index (χ1) is 19.2.